The Morgan fingerprint density at radius 3 is 2.41 bits per heavy atom. The first kappa shape index (κ1) is 21.9. The molecule has 3 aromatic rings. The van der Waals surface area contributed by atoms with Gasteiger partial charge in [-0.2, -0.15) is 4.31 Å². The van der Waals surface area contributed by atoms with E-state index >= 15 is 0 Å². The maximum absolute atomic E-state index is 14.1. The number of methoxy groups -OCH3 is 1. The maximum Gasteiger partial charge on any atom is 0.244 e. The van der Waals surface area contributed by atoms with Crippen molar-refractivity contribution < 1.29 is 26.7 Å². The molecule has 0 fully saturated rings. The summed E-state index contributed by atoms with van der Waals surface area (Å²) in [4.78, 5) is 13.1. The van der Waals surface area contributed by atoms with E-state index in [0.29, 0.717) is 5.75 Å². The molecule has 1 aliphatic rings. The molecule has 0 spiro atoms. The van der Waals surface area contributed by atoms with Crippen LogP contribution in [0, 0.1) is 11.6 Å². The summed E-state index contributed by atoms with van der Waals surface area (Å²) in [5.74, 6) is -1.80. The molecule has 1 aliphatic heterocycles. The number of rotatable bonds is 5. The van der Waals surface area contributed by atoms with Crippen molar-refractivity contribution in [3.05, 3.63) is 89.5 Å². The van der Waals surface area contributed by atoms with Crippen molar-refractivity contribution in [2.24, 2.45) is 0 Å². The number of amides is 1. The molecule has 0 saturated heterocycles. The van der Waals surface area contributed by atoms with Crippen LogP contribution in [0.2, 0.25) is 0 Å². The SMILES string of the molecule is COc1ccc(S(=O)(=O)N2Cc3ccccc3C[C@@H]2C(=O)Nc2cc(F)ccc2F)cc1. The number of hydrogen-bond acceptors (Lipinski definition) is 4. The molecule has 32 heavy (non-hydrogen) atoms. The standard InChI is InChI=1S/C23H20F2N2O4S/c1-31-18-7-9-19(10-8-18)32(29,30)27-14-16-5-3-2-4-15(16)12-22(27)23(28)26-21-13-17(24)6-11-20(21)25/h2-11,13,22H,12,14H2,1H3,(H,26,28)/t22-/m1/s1. The van der Waals surface area contributed by atoms with Gasteiger partial charge in [-0.1, -0.05) is 24.3 Å². The second-order valence-corrected chi connectivity index (χ2v) is 9.22. The highest BCUT2D eigenvalue weighted by atomic mass is 32.2. The van der Waals surface area contributed by atoms with Crippen molar-refractivity contribution >= 4 is 21.6 Å². The van der Waals surface area contributed by atoms with E-state index in [1.54, 1.807) is 18.2 Å². The molecular formula is C23H20F2N2O4S. The van der Waals surface area contributed by atoms with E-state index in [1.807, 2.05) is 6.07 Å². The highest BCUT2D eigenvalue weighted by Gasteiger charge is 2.39. The van der Waals surface area contributed by atoms with Gasteiger partial charge in [-0.25, -0.2) is 17.2 Å². The number of benzene rings is 3. The molecule has 0 aliphatic carbocycles. The minimum absolute atomic E-state index is 0.00702. The lowest BCUT2D eigenvalue weighted by atomic mass is 9.95. The molecule has 0 saturated carbocycles. The minimum atomic E-state index is -4.09. The van der Waals surface area contributed by atoms with E-state index in [0.717, 1.165) is 33.6 Å². The smallest absolute Gasteiger partial charge is 0.244 e. The number of fused-ring (bicyclic) bond motifs is 1. The van der Waals surface area contributed by atoms with E-state index in [1.165, 1.54) is 31.4 Å². The normalized spacial score (nSPS) is 16.3. The number of ether oxygens (including phenoxy) is 1. The summed E-state index contributed by atoms with van der Waals surface area (Å²) in [5.41, 5.74) is 1.23. The number of halogens is 2. The molecule has 0 radical (unpaired) electrons. The first-order valence-electron chi connectivity index (χ1n) is 9.78. The minimum Gasteiger partial charge on any atom is -0.497 e. The molecule has 9 heteroatoms. The van der Waals surface area contributed by atoms with Gasteiger partial charge in [0.2, 0.25) is 15.9 Å². The second-order valence-electron chi connectivity index (χ2n) is 7.33. The predicted octanol–water partition coefficient (Wildman–Crippen LogP) is 3.73. The van der Waals surface area contributed by atoms with Crippen LogP contribution in [-0.4, -0.2) is 31.8 Å². The lowest BCUT2D eigenvalue weighted by Gasteiger charge is -2.35. The van der Waals surface area contributed by atoms with Crippen molar-refractivity contribution in [3.63, 3.8) is 0 Å². The van der Waals surface area contributed by atoms with Crippen LogP contribution in [0.4, 0.5) is 14.5 Å². The molecule has 0 bridgehead atoms. The highest BCUT2D eigenvalue weighted by Crippen LogP contribution is 2.30. The topological polar surface area (TPSA) is 75.7 Å². The van der Waals surface area contributed by atoms with Crippen molar-refractivity contribution in [2.45, 2.75) is 23.9 Å². The molecular weight excluding hydrogens is 438 g/mol. The first-order chi connectivity index (χ1) is 15.3. The van der Waals surface area contributed by atoms with Crippen LogP contribution in [0.25, 0.3) is 0 Å². The molecule has 1 amide bonds. The number of nitrogens with zero attached hydrogens (tertiary/aromatic N) is 1. The zero-order chi connectivity index (χ0) is 22.9. The summed E-state index contributed by atoms with van der Waals surface area (Å²) in [6.07, 6.45) is 0.0916. The molecule has 1 heterocycles. The Morgan fingerprint density at radius 1 is 1.03 bits per heavy atom. The highest BCUT2D eigenvalue weighted by molar-refractivity contribution is 7.89. The molecule has 1 atom stereocenters. The van der Waals surface area contributed by atoms with Gasteiger partial charge in [0.25, 0.3) is 0 Å². The lowest BCUT2D eigenvalue weighted by Crippen LogP contribution is -2.50. The molecule has 0 unspecified atom stereocenters. The Kier molecular flexibility index (Phi) is 5.94. The van der Waals surface area contributed by atoms with Crippen LogP contribution in [-0.2, 0) is 27.8 Å². The quantitative estimate of drug-likeness (QED) is 0.632. The van der Waals surface area contributed by atoms with Crippen molar-refractivity contribution in [1.29, 1.82) is 0 Å². The van der Waals surface area contributed by atoms with E-state index in [2.05, 4.69) is 5.32 Å². The molecule has 166 valence electrons. The first-order valence-corrected chi connectivity index (χ1v) is 11.2. The summed E-state index contributed by atoms with van der Waals surface area (Å²) in [5, 5.41) is 2.34. The number of sulfonamides is 1. The zero-order valence-corrected chi connectivity index (χ0v) is 17.9. The molecule has 1 N–H and O–H groups in total. The van der Waals surface area contributed by atoms with Gasteiger partial charge in [0.05, 0.1) is 17.7 Å². The summed E-state index contributed by atoms with van der Waals surface area (Å²) >= 11 is 0. The summed E-state index contributed by atoms with van der Waals surface area (Å²) in [6, 6.07) is 14.6. The Hall–Kier alpha value is -3.30. The summed E-state index contributed by atoms with van der Waals surface area (Å²) in [6.45, 7) is -0.0335. The third-order valence-electron chi connectivity index (χ3n) is 5.36. The fourth-order valence-corrected chi connectivity index (χ4v) is 5.23. The van der Waals surface area contributed by atoms with Crippen molar-refractivity contribution in [3.8, 4) is 5.75 Å². The zero-order valence-electron chi connectivity index (χ0n) is 17.1. The number of carbonyl (C=O) groups excluding carboxylic acids is 1. The fraction of sp³-hybridized carbons (Fsp3) is 0.174. The van der Waals surface area contributed by atoms with Crippen LogP contribution in [0.15, 0.2) is 71.6 Å². The van der Waals surface area contributed by atoms with Crippen LogP contribution in [0.3, 0.4) is 0 Å². The van der Waals surface area contributed by atoms with Gasteiger partial charge in [-0.05, 0) is 53.9 Å². The van der Waals surface area contributed by atoms with Gasteiger partial charge in [0.1, 0.15) is 23.4 Å². The van der Waals surface area contributed by atoms with E-state index in [-0.39, 0.29) is 23.5 Å². The van der Waals surface area contributed by atoms with Crippen LogP contribution in [0.1, 0.15) is 11.1 Å². The number of nitrogens with one attached hydrogen (secondary N) is 1. The van der Waals surface area contributed by atoms with Gasteiger partial charge >= 0.3 is 0 Å². The van der Waals surface area contributed by atoms with E-state index < -0.39 is 33.6 Å². The number of carbonyl (C=O) groups is 1. The Labute approximate surface area is 184 Å². The third-order valence-corrected chi connectivity index (χ3v) is 7.23. The number of hydrogen-bond donors (Lipinski definition) is 1. The van der Waals surface area contributed by atoms with Gasteiger partial charge in [0.15, 0.2) is 0 Å². The average Bonchev–Trinajstić information content (AvgIpc) is 2.80. The van der Waals surface area contributed by atoms with Crippen LogP contribution < -0.4 is 10.1 Å². The van der Waals surface area contributed by atoms with Gasteiger partial charge in [-0.3, -0.25) is 4.79 Å². The van der Waals surface area contributed by atoms with E-state index in [9.17, 15) is 22.0 Å². The van der Waals surface area contributed by atoms with Crippen molar-refractivity contribution in [2.75, 3.05) is 12.4 Å². The summed E-state index contributed by atoms with van der Waals surface area (Å²) in [7, 11) is -2.62. The predicted molar refractivity (Wildman–Crippen MR) is 115 cm³/mol. The third kappa shape index (κ3) is 4.21. The largest absolute Gasteiger partial charge is 0.497 e. The van der Waals surface area contributed by atoms with Crippen LogP contribution in [0.5, 0.6) is 5.75 Å². The fourth-order valence-electron chi connectivity index (χ4n) is 3.67. The number of anilines is 1. The van der Waals surface area contributed by atoms with E-state index in [4.69, 9.17) is 4.74 Å². The monoisotopic (exact) mass is 458 g/mol. The molecule has 3 aromatic carbocycles. The van der Waals surface area contributed by atoms with Crippen molar-refractivity contribution in [1.82, 2.24) is 4.31 Å². The molecule has 6 nitrogen and oxygen atoms in total. The lowest BCUT2D eigenvalue weighted by molar-refractivity contribution is -0.120. The Bertz CT molecular complexity index is 1260. The van der Waals surface area contributed by atoms with Gasteiger partial charge in [0, 0.05) is 12.6 Å². The second kappa shape index (κ2) is 8.68. The Morgan fingerprint density at radius 2 is 1.72 bits per heavy atom. The maximum atomic E-state index is 14.1. The van der Waals surface area contributed by atoms with Crippen LogP contribution >= 0.6 is 0 Å². The van der Waals surface area contributed by atoms with Gasteiger partial charge < -0.3 is 10.1 Å². The summed E-state index contributed by atoms with van der Waals surface area (Å²) < 4.78 is 60.7. The van der Waals surface area contributed by atoms with Gasteiger partial charge in [-0.15, -0.1) is 0 Å². The molecule has 4 rings (SSSR count). The Balaban J connectivity index is 1.72. The average molecular weight is 458 g/mol. The molecule has 0 aromatic heterocycles.